The number of methoxy groups -OCH3 is 1. The molecule has 1 amide bonds. The van der Waals surface area contributed by atoms with E-state index < -0.39 is 0 Å². The fourth-order valence-electron chi connectivity index (χ4n) is 4.29. The molecule has 1 fully saturated rings. The van der Waals surface area contributed by atoms with E-state index in [1.165, 1.54) is 0 Å². The second-order valence-electron chi connectivity index (χ2n) is 10.1. The number of ether oxygens (including phenoxy) is 2. The number of pyridine rings is 1. The quantitative estimate of drug-likeness (QED) is 0.467. The number of anilines is 2. The molecule has 184 valence electrons. The molecule has 0 saturated heterocycles. The molecule has 34 heavy (non-hydrogen) atoms. The summed E-state index contributed by atoms with van der Waals surface area (Å²) in [6.45, 7) is 10.8. The van der Waals surface area contributed by atoms with Crippen molar-refractivity contribution in [3.05, 3.63) is 29.0 Å². The van der Waals surface area contributed by atoms with E-state index >= 15 is 0 Å². The van der Waals surface area contributed by atoms with Gasteiger partial charge in [-0.25, -0.2) is 14.8 Å². The molecular formula is C24H34N6O3S. The summed E-state index contributed by atoms with van der Waals surface area (Å²) in [7, 11) is 1.67. The van der Waals surface area contributed by atoms with Crippen molar-refractivity contribution >= 4 is 39.3 Å². The van der Waals surface area contributed by atoms with Crippen molar-refractivity contribution in [1.29, 1.82) is 0 Å². The fourth-order valence-corrected chi connectivity index (χ4v) is 5.18. The molecule has 2 atom stereocenters. The van der Waals surface area contributed by atoms with E-state index in [1.54, 1.807) is 18.4 Å². The van der Waals surface area contributed by atoms with Gasteiger partial charge in [0.1, 0.15) is 16.9 Å². The van der Waals surface area contributed by atoms with Crippen LogP contribution in [-0.2, 0) is 21.6 Å². The number of fused-ring (bicyclic) bond motifs is 1. The molecule has 1 saturated carbocycles. The lowest BCUT2D eigenvalue weighted by atomic mass is 10.0. The Morgan fingerprint density at radius 3 is 2.76 bits per heavy atom. The molecular weight excluding hydrogens is 452 g/mol. The van der Waals surface area contributed by atoms with Gasteiger partial charge < -0.3 is 20.1 Å². The number of aromatic nitrogens is 4. The summed E-state index contributed by atoms with van der Waals surface area (Å²) >= 11 is 1.58. The van der Waals surface area contributed by atoms with Gasteiger partial charge in [0.25, 0.3) is 0 Å². The normalized spacial score (nSPS) is 18.6. The van der Waals surface area contributed by atoms with Gasteiger partial charge in [0.2, 0.25) is 0 Å². The molecule has 0 aromatic carbocycles. The molecule has 1 aliphatic rings. The predicted octanol–water partition coefficient (Wildman–Crippen LogP) is 5.30. The van der Waals surface area contributed by atoms with Crippen LogP contribution < -0.4 is 10.6 Å². The number of rotatable bonds is 7. The number of carbonyl (C=O) groups excluding carboxylic acids is 1. The smallest absolute Gasteiger partial charge is 0.407 e. The fraction of sp³-hybridized carbons (Fsp3) is 0.583. The number of nitrogens with one attached hydrogen (secondary N) is 2. The van der Waals surface area contributed by atoms with Gasteiger partial charge >= 0.3 is 6.09 Å². The number of thiazole rings is 1. The van der Waals surface area contributed by atoms with E-state index in [0.29, 0.717) is 12.4 Å². The second kappa shape index (κ2) is 9.87. The maximum atomic E-state index is 12.0. The van der Waals surface area contributed by atoms with Crippen LogP contribution in [0.2, 0.25) is 0 Å². The maximum Gasteiger partial charge on any atom is 0.407 e. The van der Waals surface area contributed by atoms with Crippen LogP contribution in [0.1, 0.15) is 70.5 Å². The first-order valence-corrected chi connectivity index (χ1v) is 12.5. The van der Waals surface area contributed by atoms with Crippen LogP contribution >= 0.6 is 11.3 Å². The van der Waals surface area contributed by atoms with E-state index in [2.05, 4.69) is 52.1 Å². The number of nitrogens with zero attached hydrogens (tertiary/aromatic N) is 4. The van der Waals surface area contributed by atoms with E-state index in [9.17, 15) is 4.79 Å². The lowest BCUT2D eigenvalue weighted by molar-refractivity contribution is 0.0979. The number of hydrogen-bond acceptors (Lipinski definition) is 8. The van der Waals surface area contributed by atoms with Crippen molar-refractivity contribution in [2.75, 3.05) is 12.4 Å². The molecule has 3 aromatic rings. The van der Waals surface area contributed by atoms with Crippen molar-refractivity contribution in [1.82, 2.24) is 25.1 Å². The van der Waals surface area contributed by atoms with Crippen molar-refractivity contribution in [2.45, 2.75) is 84.1 Å². The Labute approximate surface area is 204 Å². The van der Waals surface area contributed by atoms with Gasteiger partial charge in [0.15, 0.2) is 5.82 Å². The Bertz CT molecular complexity index is 1150. The minimum atomic E-state index is -0.343. The Balaban J connectivity index is 1.51. The van der Waals surface area contributed by atoms with Gasteiger partial charge in [-0.15, -0.1) is 11.3 Å². The van der Waals surface area contributed by atoms with E-state index in [1.807, 2.05) is 26.1 Å². The molecule has 9 nitrogen and oxygen atoms in total. The first-order chi connectivity index (χ1) is 16.1. The highest BCUT2D eigenvalue weighted by molar-refractivity contribution is 7.18. The van der Waals surface area contributed by atoms with Crippen LogP contribution in [-0.4, -0.2) is 45.1 Å². The van der Waals surface area contributed by atoms with Crippen LogP contribution in [0.3, 0.4) is 0 Å². The third-order valence-electron chi connectivity index (χ3n) is 5.70. The molecule has 10 heteroatoms. The van der Waals surface area contributed by atoms with Gasteiger partial charge in [0, 0.05) is 43.1 Å². The molecule has 0 aliphatic heterocycles. The molecule has 2 unspecified atom stereocenters. The average Bonchev–Trinajstić information content (AvgIpc) is 3.44. The molecule has 3 heterocycles. The first-order valence-electron chi connectivity index (χ1n) is 11.7. The Morgan fingerprint density at radius 1 is 1.26 bits per heavy atom. The molecule has 1 aliphatic carbocycles. The van der Waals surface area contributed by atoms with Gasteiger partial charge in [0.05, 0.1) is 22.4 Å². The highest BCUT2D eigenvalue weighted by Crippen LogP contribution is 2.39. The number of carbonyl (C=O) groups is 1. The number of amides is 1. The third kappa shape index (κ3) is 5.67. The molecule has 2 N–H and O–H groups in total. The molecule has 4 rings (SSSR count). The molecule has 3 aromatic heterocycles. The largest absolute Gasteiger partial charge is 0.446 e. The zero-order valence-electron chi connectivity index (χ0n) is 20.7. The minimum Gasteiger partial charge on any atom is -0.446 e. The van der Waals surface area contributed by atoms with Gasteiger partial charge in [-0.05, 0) is 53.9 Å². The summed E-state index contributed by atoms with van der Waals surface area (Å²) in [6.07, 6.45) is 3.99. The lowest BCUT2D eigenvalue weighted by Crippen LogP contribution is -2.33. The molecule has 0 bridgehead atoms. The predicted molar refractivity (Wildman–Crippen MR) is 134 cm³/mol. The van der Waals surface area contributed by atoms with E-state index in [4.69, 9.17) is 14.6 Å². The van der Waals surface area contributed by atoms with Crippen molar-refractivity contribution in [2.24, 2.45) is 0 Å². The van der Waals surface area contributed by atoms with Gasteiger partial charge in [-0.1, -0.05) is 0 Å². The molecule has 0 radical (unpaired) electrons. The van der Waals surface area contributed by atoms with Gasteiger partial charge in [-0.3, -0.25) is 4.68 Å². The third-order valence-corrected chi connectivity index (χ3v) is 6.68. The van der Waals surface area contributed by atoms with Crippen molar-refractivity contribution < 1.29 is 14.3 Å². The highest BCUT2D eigenvalue weighted by Gasteiger charge is 2.33. The Morgan fingerprint density at radius 2 is 2.06 bits per heavy atom. The van der Waals surface area contributed by atoms with Crippen LogP contribution in [0.4, 0.5) is 16.4 Å². The van der Waals surface area contributed by atoms with Crippen LogP contribution in [0.15, 0.2) is 18.3 Å². The van der Waals surface area contributed by atoms with E-state index in [-0.39, 0.29) is 29.7 Å². The highest BCUT2D eigenvalue weighted by atomic mass is 32.1. The summed E-state index contributed by atoms with van der Waals surface area (Å²) in [4.78, 5) is 21.2. The van der Waals surface area contributed by atoms with Crippen LogP contribution in [0, 0.1) is 0 Å². The zero-order chi connectivity index (χ0) is 24.5. The minimum absolute atomic E-state index is 0.0596. The Kier molecular flexibility index (Phi) is 7.09. The summed E-state index contributed by atoms with van der Waals surface area (Å²) in [5.41, 5.74) is 1.84. The maximum absolute atomic E-state index is 12.0. The Hall–Kier alpha value is -2.72. The van der Waals surface area contributed by atoms with Crippen molar-refractivity contribution in [3.63, 3.8) is 0 Å². The molecule has 0 spiro atoms. The first kappa shape index (κ1) is 24.4. The second-order valence-corrected chi connectivity index (χ2v) is 11.2. The van der Waals surface area contributed by atoms with Gasteiger partial charge in [-0.2, -0.15) is 5.10 Å². The summed E-state index contributed by atoms with van der Waals surface area (Å²) in [5.74, 6) is 1.71. The SMILES string of the molecule is COCc1nc2cc(Nc3cc(C4CCC(OC(=O)NC(C)C)C4)n(C(C)(C)C)n3)ncc2s1. The topological polar surface area (TPSA) is 103 Å². The summed E-state index contributed by atoms with van der Waals surface area (Å²) < 4.78 is 13.9. The monoisotopic (exact) mass is 486 g/mol. The lowest BCUT2D eigenvalue weighted by Gasteiger charge is -2.24. The van der Waals surface area contributed by atoms with Crippen molar-refractivity contribution in [3.8, 4) is 0 Å². The summed E-state index contributed by atoms with van der Waals surface area (Å²) in [6, 6.07) is 4.09. The van der Waals surface area contributed by atoms with E-state index in [0.717, 1.165) is 46.0 Å². The van der Waals surface area contributed by atoms with Crippen LogP contribution in [0.5, 0.6) is 0 Å². The zero-order valence-corrected chi connectivity index (χ0v) is 21.5. The standard InChI is InChI=1S/C24H34N6O3S/c1-14(2)26-23(31)33-16-8-7-15(9-16)18-11-21(29-30(18)24(3,4)5)28-20-10-17-19(12-25-20)34-22(27-17)13-32-6/h10-12,14-16H,7-9,13H2,1-6H3,(H,26,31)(H,25,28,29). The average molecular weight is 487 g/mol. The van der Waals surface area contributed by atoms with Crippen LogP contribution in [0.25, 0.3) is 10.2 Å². The number of hydrogen-bond donors (Lipinski definition) is 2. The number of alkyl carbamates (subject to hydrolysis) is 1. The summed E-state index contributed by atoms with van der Waals surface area (Å²) in [5, 5.41) is 12.0.